The molecule has 3 atom stereocenters. The van der Waals surface area contributed by atoms with Gasteiger partial charge in [-0.1, -0.05) is 39.1 Å². The summed E-state index contributed by atoms with van der Waals surface area (Å²) in [4.78, 5) is 2.36. The van der Waals surface area contributed by atoms with Gasteiger partial charge in [0.05, 0.1) is 44.1 Å². The molecule has 0 radical (unpaired) electrons. The number of nitrogens with zero attached hydrogens (tertiary/aromatic N) is 2. The van der Waals surface area contributed by atoms with Crippen LogP contribution < -0.4 is 0 Å². The Labute approximate surface area is 232 Å². The van der Waals surface area contributed by atoms with Gasteiger partial charge in [-0.2, -0.15) is 0 Å². The van der Waals surface area contributed by atoms with Gasteiger partial charge in [-0.25, -0.2) is 0 Å². The molecule has 0 amide bonds. The van der Waals surface area contributed by atoms with E-state index in [1.165, 1.54) is 16.6 Å². The maximum absolute atomic E-state index is 6.02. The zero-order chi connectivity index (χ0) is 27.7. The first-order valence-corrected chi connectivity index (χ1v) is 13.8. The van der Waals surface area contributed by atoms with Crippen molar-refractivity contribution in [1.82, 2.24) is 9.47 Å². The molecule has 0 N–H and O–H groups in total. The van der Waals surface area contributed by atoms with Gasteiger partial charge in [-0.3, -0.25) is 0 Å². The molecule has 0 bridgehead atoms. The van der Waals surface area contributed by atoms with Crippen molar-refractivity contribution in [3.63, 3.8) is 0 Å². The highest BCUT2D eigenvalue weighted by Crippen LogP contribution is 2.43. The van der Waals surface area contributed by atoms with Gasteiger partial charge < -0.3 is 28.4 Å². The molecule has 1 saturated heterocycles. The molecule has 4 heterocycles. The molecule has 6 nitrogen and oxygen atoms in total. The normalized spacial score (nSPS) is 23.5. The molecule has 0 spiro atoms. The van der Waals surface area contributed by atoms with Crippen LogP contribution in [0.5, 0.6) is 0 Å². The number of rotatable bonds is 6. The average molecular weight is 529 g/mol. The van der Waals surface area contributed by atoms with Gasteiger partial charge in [0.15, 0.2) is 0 Å². The number of benzene rings is 1. The topological polar surface area (TPSA) is 45.1 Å². The van der Waals surface area contributed by atoms with Crippen LogP contribution in [-0.2, 0) is 25.5 Å². The van der Waals surface area contributed by atoms with Crippen molar-refractivity contribution in [3.05, 3.63) is 95.8 Å². The molecule has 5 rings (SSSR count). The van der Waals surface area contributed by atoms with Crippen molar-refractivity contribution in [2.24, 2.45) is 0 Å². The zero-order valence-corrected chi connectivity index (χ0v) is 23.8. The largest absolute Gasteiger partial charge is 0.497 e. The monoisotopic (exact) mass is 528 g/mol. The SMILES string of the molecule is C=C(OC)c1ccc2c(C(C)CC)c3n(c2c1)CC(C(=C)N1CC(C)OC(C)C1)=CC1=C3/C=C/OCO/C=C/1. The van der Waals surface area contributed by atoms with Crippen LogP contribution in [0.15, 0.2) is 79.0 Å². The highest BCUT2D eigenvalue weighted by atomic mass is 16.7. The molecule has 3 aliphatic rings. The number of allylic oxidation sites excluding steroid dienone is 6. The van der Waals surface area contributed by atoms with Gasteiger partial charge in [0.1, 0.15) is 5.76 Å². The molecule has 3 unspecified atom stereocenters. The zero-order valence-electron chi connectivity index (χ0n) is 23.8. The number of ether oxygens (including phenoxy) is 4. The Kier molecular flexibility index (Phi) is 7.76. The van der Waals surface area contributed by atoms with Gasteiger partial charge in [0.2, 0.25) is 6.79 Å². The van der Waals surface area contributed by atoms with Crippen LogP contribution in [0.3, 0.4) is 0 Å². The maximum atomic E-state index is 6.02. The van der Waals surface area contributed by atoms with Crippen LogP contribution in [-0.4, -0.2) is 48.7 Å². The minimum absolute atomic E-state index is 0.146. The molecule has 2 aromatic rings. The van der Waals surface area contributed by atoms with Crippen LogP contribution in [0, 0.1) is 0 Å². The predicted molar refractivity (Wildman–Crippen MR) is 158 cm³/mol. The second kappa shape index (κ2) is 11.2. The van der Waals surface area contributed by atoms with Crippen LogP contribution >= 0.6 is 0 Å². The van der Waals surface area contributed by atoms with Crippen LogP contribution in [0.1, 0.15) is 56.9 Å². The quantitative estimate of drug-likeness (QED) is 0.374. The Morgan fingerprint density at radius 1 is 1.10 bits per heavy atom. The first-order valence-electron chi connectivity index (χ1n) is 13.8. The van der Waals surface area contributed by atoms with E-state index in [4.69, 9.17) is 18.9 Å². The fraction of sp³-hybridized carbons (Fsp3) is 0.394. The summed E-state index contributed by atoms with van der Waals surface area (Å²) in [6, 6.07) is 6.53. The van der Waals surface area contributed by atoms with Crippen molar-refractivity contribution in [3.8, 4) is 0 Å². The molecule has 1 fully saturated rings. The molecule has 3 aliphatic heterocycles. The Hall–Kier alpha value is -3.64. The van der Waals surface area contributed by atoms with E-state index in [-0.39, 0.29) is 19.0 Å². The first kappa shape index (κ1) is 26.9. The van der Waals surface area contributed by atoms with Gasteiger partial charge >= 0.3 is 0 Å². The van der Waals surface area contributed by atoms with Crippen molar-refractivity contribution < 1.29 is 18.9 Å². The Balaban J connectivity index is 1.77. The molecular weight excluding hydrogens is 488 g/mol. The van der Waals surface area contributed by atoms with Gasteiger partial charge in [0, 0.05) is 40.8 Å². The second-order valence-electron chi connectivity index (χ2n) is 10.7. The summed E-state index contributed by atoms with van der Waals surface area (Å²) in [5.41, 5.74) is 9.00. The number of fused-ring (bicyclic) bond motifs is 4. The lowest BCUT2D eigenvalue weighted by molar-refractivity contribution is -0.0570. The Morgan fingerprint density at radius 3 is 2.51 bits per heavy atom. The third-order valence-electron chi connectivity index (χ3n) is 7.98. The summed E-state index contributed by atoms with van der Waals surface area (Å²) in [7, 11) is 1.67. The predicted octanol–water partition coefficient (Wildman–Crippen LogP) is 7.12. The first-order chi connectivity index (χ1) is 18.8. The van der Waals surface area contributed by atoms with E-state index < -0.39 is 0 Å². The third kappa shape index (κ3) is 5.18. The van der Waals surface area contributed by atoms with Gasteiger partial charge in [-0.05, 0) is 67.2 Å². The molecule has 1 aromatic heterocycles. The van der Waals surface area contributed by atoms with Crippen molar-refractivity contribution in [1.29, 1.82) is 0 Å². The van der Waals surface area contributed by atoms with Crippen molar-refractivity contribution >= 4 is 22.2 Å². The molecule has 0 aliphatic carbocycles. The molecular formula is C33H40N2O4. The van der Waals surface area contributed by atoms with E-state index in [0.717, 1.165) is 53.0 Å². The number of hydrogen-bond acceptors (Lipinski definition) is 5. The molecule has 0 saturated carbocycles. The summed E-state index contributed by atoms with van der Waals surface area (Å²) in [6.07, 6.45) is 11.1. The number of hydrogen-bond donors (Lipinski definition) is 0. The summed E-state index contributed by atoms with van der Waals surface area (Å²) < 4.78 is 25.2. The van der Waals surface area contributed by atoms with E-state index in [2.05, 4.69) is 80.7 Å². The van der Waals surface area contributed by atoms with E-state index in [0.29, 0.717) is 18.2 Å². The van der Waals surface area contributed by atoms with Gasteiger partial charge in [-0.15, -0.1) is 0 Å². The molecule has 39 heavy (non-hydrogen) atoms. The summed E-state index contributed by atoms with van der Waals surface area (Å²) in [5, 5.41) is 1.24. The fourth-order valence-electron chi connectivity index (χ4n) is 5.89. The average Bonchev–Trinajstić information content (AvgIpc) is 3.21. The van der Waals surface area contributed by atoms with E-state index in [1.54, 1.807) is 19.6 Å². The Bertz CT molecular complexity index is 1400. The molecule has 1 aromatic carbocycles. The minimum Gasteiger partial charge on any atom is -0.497 e. The van der Waals surface area contributed by atoms with Crippen LogP contribution in [0.2, 0.25) is 0 Å². The van der Waals surface area contributed by atoms with E-state index in [9.17, 15) is 0 Å². The maximum Gasteiger partial charge on any atom is 0.229 e. The van der Waals surface area contributed by atoms with Crippen LogP contribution in [0.4, 0.5) is 0 Å². The highest BCUT2D eigenvalue weighted by molar-refractivity contribution is 5.96. The summed E-state index contributed by atoms with van der Waals surface area (Å²) >= 11 is 0. The summed E-state index contributed by atoms with van der Waals surface area (Å²) in [6.45, 7) is 20.0. The Morgan fingerprint density at radius 2 is 1.82 bits per heavy atom. The van der Waals surface area contributed by atoms with E-state index >= 15 is 0 Å². The molecule has 206 valence electrons. The van der Waals surface area contributed by atoms with Crippen molar-refractivity contribution in [2.45, 2.75) is 58.8 Å². The molecule has 6 heteroatoms. The number of aromatic nitrogens is 1. The van der Waals surface area contributed by atoms with Gasteiger partial charge in [0.25, 0.3) is 0 Å². The van der Waals surface area contributed by atoms with Crippen LogP contribution in [0.25, 0.3) is 22.2 Å². The summed E-state index contributed by atoms with van der Waals surface area (Å²) in [5.74, 6) is 1.00. The fourth-order valence-corrected chi connectivity index (χ4v) is 5.89. The number of methoxy groups -OCH3 is 1. The lowest BCUT2D eigenvalue weighted by Crippen LogP contribution is -2.45. The van der Waals surface area contributed by atoms with E-state index in [1.807, 2.05) is 6.08 Å². The number of morpholine rings is 1. The van der Waals surface area contributed by atoms with Crippen molar-refractivity contribution in [2.75, 3.05) is 27.0 Å². The lowest BCUT2D eigenvalue weighted by atomic mass is 9.90. The highest BCUT2D eigenvalue weighted by Gasteiger charge is 2.30. The second-order valence-corrected chi connectivity index (χ2v) is 10.7. The smallest absolute Gasteiger partial charge is 0.229 e. The third-order valence-corrected chi connectivity index (χ3v) is 7.98. The standard InChI is InChI=1S/C33H40N2O4/c1-8-21(2)32-30-10-9-26(25(6)36-7)16-31(30)35-19-28(24(5)34-17-22(3)39-23(4)18-34)15-27-11-13-37-20-38-14-12-29(27)33(32)35/h9-16,21-23H,5-6,8,17-20H2,1-4,7H3/b13-11+,14-12+. The lowest BCUT2D eigenvalue weighted by Gasteiger charge is -2.38. The minimum atomic E-state index is 0.146.